The van der Waals surface area contributed by atoms with Gasteiger partial charge in [0.15, 0.2) is 11.6 Å². The number of hydrogen-bond acceptors (Lipinski definition) is 5. The molecule has 0 aliphatic rings. The van der Waals surface area contributed by atoms with Crippen LogP contribution in [0, 0.1) is 13.8 Å². The van der Waals surface area contributed by atoms with E-state index in [0.29, 0.717) is 27.9 Å². The van der Waals surface area contributed by atoms with Gasteiger partial charge in [-0.1, -0.05) is 15.9 Å². The Morgan fingerprint density at radius 3 is 2.68 bits per heavy atom. The highest BCUT2D eigenvalue weighted by atomic mass is 79.9. The molecule has 7 heteroatoms. The van der Waals surface area contributed by atoms with Gasteiger partial charge in [0.1, 0.15) is 5.03 Å². The van der Waals surface area contributed by atoms with Gasteiger partial charge in [0, 0.05) is 10.2 Å². The minimum absolute atomic E-state index is 0.227. The standard InChI is InChI=1S/C18H16BrN3O2S/c1-10-9-12(6-7-13(10)19)21-17(23)15-11(2)20-16(22-18(15)25-3)14-5-4-8-24-14/h4-9H,1-3H3,(H,21,23). The van der Waals surface area contributed by atoms with Crippen molar-refractivity contribution in [3.63, 3.8) is 0 Å². The van der Waals surface area contributed by atoms with Crippen molar-refractivity contribution in [3.05, 3.63) is 57.9 Å². The second-order valence-corrected chi connectivity index (χ2v) is 7.06. The number of nitrogens with zero attached hydrogens (tertiary/aromatic N) is 2. The van der Waals surface area contributed by atoms with Crippen molar-refractivity contribution in [1.29, 1.82) is 0 Å². The lowest BCUT2D eigenvalue weighted by Gasteiger charge is -2.12. The first-order chi connectivity index (χ1) is 12.0. The molecule has 1 amide bonds. The fourth-order valence-electron chi connectivity index (χ4n) is 2.39. The zero-order valence-corrected chi connectivity index (χ0v) is 16.4. The van der Waals surface area contributed by atoms with Crippen LogP contribution in [0.1, 0.15) is 21.6 Å². The van der Waals surface area contributed by atoms with Crippen LogP contribution in [0.25, 0.3) is 11.6 Å². The smallest absolute Gasteiger partial charge is 0.260 e. The third kappa shape index (κ3) is 3.77. The van der Waals surface area contributed by atoms with Crippen molar-refractivity contribution in [2.24, 2.45) is 0 Å². The number of rotatable bonds is 4. The molecule has 1 aromatic carbocycles. The molecule has 2 heterocycles. The van der Waals surface area contributed by atoms with Crippen LogP contribution in [-0.2, 0) is 0 Å². The number of carbonyl (C=O) groups excluding carboxylic acids is 1. The monoisotopic (exact) mass is 417 g/mol. The molecular weight excluding hydrogens is 402 g/mol. The summed E-state index contributed by atoms with van der Waals surface area (Å²) in [6.45, 7) is 3.77. The number of thioether (sulfide) groups is 1. The molecule has 0 radical (unpaired) electrons. The predicted octanol–water partition coefficient (Wildman–Crippen LogP) is 5.09. The molecule has 2 aromatic heterocycles. The second kappa shape index (κ2) is 7.41. The molecule has 1 N–H and O–H groups in total. The molecule has 0 saturated carbocycles. The number of anilines is 1. The molecule has 0 unspecified atom stereocenters. The first-order valence-electron chi connectivity index (χ1n) is 7.53. The maximum atomic E-state index is 12.8. The van der Waals surface area contributed by atoms with Crippen molar-refractivity contribution in [2.45, 2.75) is 18.9 Å². The van der Waals surface area contributed by atoms with E-state index < -0.39 is 0 Å². The summed E-state index contributed by atoms with van der Waals surface area (Å²) < 4.78 is 6.35. The summed E-state index contributed by atoms with van der Waals surface area (Å²) in [4.78, 5) is 21.7. The lowest BCUT2D eigenvalue weighted by molar-refractivity contribution is 0.102. The van der Waals surface area contributed by atoms with Crippen molar-refractivity contribution < 1.29 is 9.21 Å². The number of halogens is 1. The van der Waals surface area contributed by atoms with E-state index in [4.69, 9.17) is 4.42 Å². The maximum absolute atomic E-state index is 12.8. The molecule has 0 atom stereocenters. The minimum atomic E-state index is -0.227. The van der Waals surface area contributed by atoms with Crippen LogP contribution in [0.4, 0.5) is 5.69 Å². The number of nitrogens with one attached hydrogen (secondary N) is 1. The average Bonchev–Trinajstić information content (AvgIpc) is 3.11. The number of furan rings is 1. The number of hydrogen-bond donors (Lipinski definition) is 1. The maximum Gasteiger partial charge on any atom is 0.260 e. The predicted molar refractivity (Wildman–Crippen MR) is 103 cm³/mol. The number of aromatic nitrogens is 2. The molecule has 0 spiro atoms. The number of benzene rings is 1. The van der Waals surface area contributed by atoms with Crippen molar-refractivity contribution in [1.82, 2.24) is 9.97 Å². The molecular formula is C18H16BrN3O2S. The molecule has 25 heavy (non-hydrogen) atoms. The summed E-state index contributed by atoms with van der Waals surface area (Å²) in [6.07, 6.45) is 3.46. The van der Waals surface area contributed by atoms with Gasteiger partial charge in [0.2, 0.25) is 0 Å². The molecule has 0 fully saturated rings. The summed E-state index contributed by atoms with van der Waals surface area (Å²) in [5.74, 6) is 0.825. The third-order valence-electron chi connectivity index (χ3n) is 3.63. The second-order valence-electron chi connectivity index (χ2n) is 5.41. The van der Waals surface area contributed by atoms with Crippen LogP contribution < -0.4 is 5.32 Å². The Balaban J connectivity index is 1.95. The van der Waals surface area contributed by atoms with Gasteiger partial charge in [-0.3, -0.25) is 4.79 Å². The highest BCUT2D eigenvalue weighted by molar-refractivity contribution is 9.10. The highest BCUT2D eigenvalue weighted by Gasteiger charge is 2.20. The van der Waals surface area contributed by atoms with E-state index in [0.717, 1.165) is 15.7 Å². The number of amides is 1. The van der Waals surface area contributed by atoms with Gasteiger partial charge in [-0.2, -0.15) is 0 Å². The van der Waals surface area contributed by atoms with Gasteiger partial charge in [-0.05, 0) is 56.0 Å². The molecule has 128 valence electrons. The Hall–Kier alpha value is -2.12. The fourth-order valence-corrected chi connectivity index (χ4v) is 3.26. The summed E-state index contributed by atoms with van der Waals surface area (Å²) in [5, 5.41) is 3.54. The Labute approximate surface area is 158 Å². The van der Waals surface area contributed by atoms with Crippen LogP contribution in [-0.4, -0.2) is 22.1 Å². The summed E-state index contributed by atoms with van der Waals surface area (Å²) >= 11 is 4.86. The Morgan fingerprint density at radius 2 is 2.04 bits per heavy atom. The number of carbonyl (C=O) groups is 1. The molecule has 3 aromatic rings. The molecule has 0 bridgehead atoms. The van der Waals surface area contributed by atoms with Crippen LogP contribution in [0.5, 0.6) is 0 Å². The SMILES string of the molecule is CSc1nc(-c2ccco2)nc(C)c1C(=O)Nc1ccc(Br)c(C)c1. The van der Waals surface area contributed by atoms with Crippen molar-refractivity contribution in [2.75, 3.05) is 11.6 Å². The Kier molecular flexibility index (Phi) is 5.24. The normalized spacial score (nSPS) is 10.7. The zero-order chi connectivity index (χ0) is 18.0. The van der Waals surface area contributed by atoms with Crippen molar-refractivity contribution in [3.8, 4) is 11.6 Å². The fraction of sp³-hybridized carbons (Fsp3) is 0.167. The highest BCUT2D eigenvalue weighted by Crippen LogP contribution is 2.26. The Bertz CT molecular complexity index is 926. The first-order valence-corrected chi connectivity index (χ1v) is 9.55. The molecule has 3 rings (SSSR count). The molecule has 0 aliphatic heterocycles. The average molecular weight is 418 g/mol. The van der Waals surface area contributed by atoms with Gasteiger partial charge in [0.25, 0.3) is 5.91 Å². The van der Waals surface area contributed by atoms with Gasteiger partial charge in [-0.15, -0.1) is 11.8 Å². The van der Waals surface area contributed by atoms with Crippen molar-refractivity contribution >= 4 is 39.3 Å². The van der Waals surface area contributed by atoms with Gasteiger partial charge in [-0.25, -0.2) is 9.97 Å². The lowest BCUT2D eigenvalue weighted by atomic mass is 10.2. The van der Waals surface area contributed by atoms with Gasteiger partial charge < -0.3 is 9.73 Å². The van der Waals surface area contributed by atoms with E-state index in [1.165, 1.54) is 11.8 Å². The molecule has 0 saturated heterocycles. The van der Waals surface area contributed by atoms with E-state index in [9.17, 15) is 4.79 Å². The van der Waals surface area contributed by atoms with E-state index >= 15 is 0 Å². The first kappa shape index (κ1) is 17.7. The summed E-state index contributed by atoms with van der Waals surface area (Å²) in [6, 6.07) is 9.24. The summed E-state index contributed by atoms with van der Waals surface area (Å²) in [5.41, 5.74) is 2.86. The Morgan fingerprint density at radius 1 is 1.24 bits per heavy atom. The molecule has 5 nitrogen and oxygen atoms in total. The van der Waals surface area contributed by atoms with E-state index in [1.807, 2.05) is 31.4 Å². The van der Waals surface area contributed by atoms with Crippen LogP contribution in [0.15, 0.2) is 50.5 Å². The van der Waals surface area contributed by atoms with E-state index in [-0.39, 0.29) is 5.91 Å². The zero-order valence-electron chi connectivity index (χ0n) is 14.0. The quantitative estimate of drug-likeness (QED) is 0.472. The topological polar surface area (TPSA) is 68.0 Å². The third-order valence-corrected chi connectivity index (χ3v) is 5.21. The van der Waals surface area contributed by atoms with E-state index in [1.54, 1.807) is 25.3 Å². The number of aryl methyl sites for hydroxylation is 2. The largest absolute Gasteiger partial charge is 0.461 e. The van der Waals surface area contributed by atoms with Gasteiger partial charge >= 0.3 is 0 Å². The van der Waals surface area contributed by atoms with Crippen LogP contribution in [0.2, 0.25) is 0 Å². The lowest BCUT2D eigenvalue weighted by Crippen LogP contribution is -2.17. The summed E-state index contributed by atoms with van der Waals surface area (Å²) in [7, 11) is 0. The van der Waals surface area contributed by atoms with E-state index in [2.05, 4.69) is 31.2 Å². The molecule has 0 aliphatic carbocycles. The van der Waals surface area contributed by atoms with Crippen LogP contribution in [0.3, 0.4) is 0 Å². The van der Waals surface area contributed by atoms with Crippen LogP contribution >= 0.6 is 27.7 Å². The van der Waals surface area contributed by atoms with Gasteiger partial charge in [0.05, 0.1) is 17.5 Å². The minimum Gasteiger partial charge on any atom is -0.461 e.